The minimum atomic E-state index is -0.00176. The third-order valence-corrected chi connectivity index (χ3v) is 4.14. The first-order valence-corrected chi connectivity index (χ1v) is 7.61. The number of carbonyl (C=O) groups excluding carboxylic acids is 2. The molecule has 0 amide bonds. The van der Waals surface area contributed by atoms with Crippen molar-refractivity contribution in [3.8, 4) is 11.5 Å². The lowest BCUT2D eigenvalue weighted by Gasteiger charge is -2.06. The van der Waals surface area contributed by atoms with Gasteiger partial charge in [-0.05, 0) is 30.0 Å². The molecule has 21 heavy (non-hydrogen) atoms. The fourth-order valence-electron chi connectivity index (χ4n) is 2.15. The summed E-state index contributed by atoms with van der Waals surface area (Å²) < 4.78 is 10.9. The minimum Gasteiger partial charge on any atom is -0.493 e. The summed E-state index contributed by atoms with van der Waals surface area (Å²) in [4.78, 5) is 24.0. The highest BCUT2D eigenvalue weighted by atomic mass is 32.1. The summed E-state index contributed by atoms with van der Waals surface area (Å²) in [5.74, 6) is 1.38. The molecule has 108 valence electrons. The van der Waals surface area contributed by atoms with Crippen LogP contribution in [0.2, 0.25) is 0 Å². The lowest BCUT2D eigenvalue weighted by atomic mass is 10.1. The minimum absolute atomic E-state index is 0.00176. The van der Waals surface area contributed by atoms with Crippen molar-refractivity contribution >= 4 is 22.9 Å². The Kier molecular flexibility index (Phi) is 4.01. The Labute approximate surface area is 126 Å². The number of rotatable bonds is 6. The molecular formula is C16H14O4S. The quantitative estimate of drug-likeness (QED) is 0.606. The number of hydrogen-bond acceptors (Lipinski definition) is 5. The second kappa shape index (κ2) is 6.10. The van der Waals surface area contributed by atoms with Crippen LogP contribution in [0.15, 0.2) is 35.7 Å². The molecule has 3 rings (SSSR count). The number of Topliss-reactive ketones (excluding diaryl/α,β-unsaturated/α-hetero) is 2. The molecule has 0 atom stereocenters. The van der Waals surface area contributed by atoms with Crippen molar-refractivity contribution in [3.05, 3.63) is 46.2 Å². The van der Waals surface area contributed by atoms with Crippen molar-refractivity contribution in [2.24, 2.45) is 0 Å². The molecule has 5 heteroatoms. The van der Waals surface area contributed by atoms with Gasteiger partial charge in [-0.15, -0.1) is 11.3 Å². The van der Waals surface area contributed by atoms with Gasteiger partial charge < -0.3 is 9.47 Å². The van der Waals surface area contributed by atoms with Crippen molar-refractivity contribution in [1.29, 1.82) is 0 Å². The Bertz CT molecular complexity index is 661. The second-order valence-electron chi connectivity index (χ2n) is 4.72. The van der Waals surface area contributed by atoms with Crippen molar-refractivity contribution in [3.63, 3.8) is 0 Å². The van der Waals surface area contributed by atoms with E-state index in [-0.39, 0.29) is 18.2 Å². The zero-order chi connectivity index (χ0) is 14.7. The van der Waals surface area contributed by atoms with Gasteiger partial charge in [0.25, 0.3) is 0 Å². The number of carbonyl (C=O) groups is 2. The fraction of sp³-hybridized carbons (Fsp3) is 0.250. The Morgan fingerprint density at radius 1 is 1.33 bits per heavy atom. The summed E-state index contributed by atoms with van der Waals surface area (Å²) in [6, 6.07) is 8.91. The van der Waals surface area contributed by atoms with Crippen LogP contribution in [0.4, 0.5) is 0 Å². The largest absolute Gasteiger partial charge is 0.493 e. The van der Waals surface area contributed by atoms with E-state index in [2.05, 4.69) is 0 Å². The monoisotopic (exact) mass is 302 g/mol. The number of thiophene rings is 1. The highest BCUT2D eigenvalue weighted by Gasteiger charge is 2.21. The van der Waals surface area contributed by atoms with E-state index < -0.39 is 0 Å². The number of hydrogen-bond donors (Lipinski definition) is 0. The van der Waals surface area contributed by atoms with Crippen LogP contribution in [0, 0.1) is 0 Å². The van der Waals surface area contributed by atoms with E-state index in [4.69, 9.17) is 9.47 Å². The zero-order valence-corrected chi connectivity index (χ0v) is 12.2. The first kappa shape index (κ1) is 13.8. The van der Waals surface area contributed by atoms with Gasteiger partial charge in [0.15, 0.2) is 12.4 Å². The molecule has 2 aromatic rings. The lowest BCUT2D eigenvalue weighted by Crippen LogP contribution is -2.02. The molecule has 0 bridgehead atoms. The molecule has 1 aromatic heterocycles. The number of benzene rings is 1. The Morgan fingerprint density at radius 2 is 2.24 bits per heavy atom. The van der Waals surface area contributed by atoms with Gasteiger partial charge in [0.05, 0.1) is 17.0 Å². The maximum absolute atomic E-state index is 11.8. The molecule has 0 fully saturated rings. The fourth-order valence-corrected chi connectivity index (χ4v) is 2.84. The highest BCUT2D eigenvalue weighted by Crippen LogP contribution is 2.29. The predicted octanol–water partition coefficient (Wildman–Crippen LogP) is 3.37. The number of ether oxygens (including phenoxy) is 2. The average molecular weight is 302 g/mol. The Morgan fingerprint density at radius 3 is 3.05 bits per heavy atom. The summed E-state index contributed by atoms with van der Waals surface area (Å²) in [5.41, 5.74) is 0.607. The summed E-state index contributed by atoms with van der Waals surface area (Å²) in [5, 5.41) is 1.90. The van der Waals surface area contributed by atoms with Crippen LogP contribution in [0.25, 0.3) is 0 Å². The molecular weight excluding hydrogens is 288 g/mol. The van der Waals surface area contributed by atoms with Crippen molar-refractivity contribution < 1.29 is 19.1 Å². The van der Waals surface area contributed by atoms with E-state index in [9.17, 15) is 9.59 Å². The van der Waals surface area contributed by atoms with E-state index in [1.165, 1.54) is 11.3 Å². The van der Waals surface area contributed by atoms with Crippen LogP contribution < -0.4 is 9.47 Å². The standard InChI is InChI=1S/C16H14O4S/c17-13(16-4-2-8-21-16)3-1-7-19-11-5-6-12-14(18)10-20-15(12)9-11/h2,4-6,8-9H,1,3,7,10H2. The third-order valence-electron chi connectivity index (χ3n) is 3.23. The molecule has 2 heterocycles. The van der Waals surface area contributed by atoms with Gasteiger partial charge in [0.2, 0.25) is 5.78 Å². The molecule has 0 radical (unpaired) electrons. The molecule has 0 N–H and O–H groups in total. The van der Waals surface area contributed by atoms with Gasteiger partial charge in [-0.3, -0.25) is 9.59 Å². The molecule has 0 saturated carbocycles. The van der Waals surface area contributed by atoms with E-state index >= 15 is 0 Å². The van der Waals surface area contributed by atoms with Crippen LogP contribution in [0.5, 0.6) is 11.5 Å². The average Bonchev–Trinajstić information content (AvgIpc) is 3.14. The molecule has 0 unspecified atom stereocenters. The number of fused-ring (bicyclic) bond motifs is 1. The Balaban J connectivity index is 1.48. The van der Waals surface area contributed by atoms with Gasteiger partial charge >= 0.3 is 0 Å². The second-order valence-corrected chi connectivity index (χ2v) is 5.67. The van der Waals surface area contributed by atoms with Crippen LogP contribution in [-0.4, -0.2) is 24.8 Å². The van der Waals surface area contributed by atoms with E-state index in [1.807, 2.05) is 17.5 Å². The van der Waals surface area contributed by atoms with Gasteiger partial charge in [-0.2, -0.15) is 0 Å². The van der Waals surface area contributed by atoms with Crippen LogP contribution >= 0.6 is 11.3 Å². The van der Waals surface area contributed by atoms with Gasteiger partial charge in [0, 0.05) is 12.5 Å². The summed E-state index contributed by atoms with van der Waals surface area (Å²) >= 11 is 1.46. The summed E-state index contributed by atoms with van der Waals surface area (Å²) in [6.07, 6.45) is 1.13. The van der Waals surface area contributed by atoms with Crippen LogP contribution in [-0.2, 0) is 0 Å². The number of ketones is 2. The first-order valence-electron chi connectivity index (χ1n) is 6.73. The normalized spacial score (nSPS) is 12.9. The molecule has 1 aromatic carbocycles. The van der Waals surface area contributed by atoms with Gasteiger partial charge in [-0.1, -0.05) is 6.07 Å². The highest BCUT2D eigenvalue weighted by molar-refractivity contribution is 7.12. The topological polar surface area (TPSA) is 52.6 Å². The smallest absolute Gasteiger partial charge is 0.203 e. The lowest BCUT2D eigenvalue weighted by molar-refractivity contribution is 0.0958. The van der Waals surface area contributed by atoms with Crippen LogP contribution in [0.1, 0.15) is 32.9 Å². The predicted molar refractivity (Wildman–Crippen MR) is 79.6 cm³/mol. The SMILES string of the molecule is O=C(CCCOc1ccc2c(c1)OCC2=O)c1cccs1. The first-order chi connectivity index (χ1) is 10.2. The van der Waals surface area contributed by atoms with Crippen molar-refractivity contribution in [2.75, 3.05) is 13.2 Å². The van der Waals surface area contributed by atoms with Crippen molar-refractivity contribution in [1.82, 2.24) is 0 Å². The Hall–Kier alpha value is -2.14. The van der Waals surface area contributed by atoms with E-state index in [0.29, 0.717) is 36.5 Å². The summed E-state index contributed by atoms with van der Waals surface area (Å²) in [6.45, 7) is 0.567. The van der Waals surface area contributed by atoms with E-state index in [1.54, 1.807) is 18.2 Å². The van der Waals surface area contributed by atoms with Crippen molar-refractivity contribution in [2.45, 2.75) is 12.8 Å². The molecule has 0 aliphatic carbocycles. The molecule has 0 spiro atoms. The van der Waals surface area contributed by atoms with Crippen LogP contribution in [0.3, 0.4) is 0 Å². The maximum atomic E-state index is 11.8. The van der Waals surface area contributed by atoms with Gasteiger partial charge in [-0.25, -0.2) is 0 Å². The summed E-state index contributed by atoms with van der Waals surface area (Å²) in [7, 11) is 0. The maximum Gasteiger partial charge on any atom is 0.203 e. The molecule has 4 nitrogen and oxygen atoms in total. The molecule has 1 aliphatic heterocycles. The third kappa shape index (κ3) is 3.13. The van der Waals surface area contributed by atoms with E-state index in [0.717, 1.165) is 4.88 Å². The molecule has 0 saturated heterocycles. The van der Waals surface area contributed by atoms with Gasteiger partial charge in [0.1, 0.15) is 11.5 Å². The zero-order valence-electron chi connectivity index (χ0n) is 11.3. The molecule has 1 aliphatic rings.